The van der Waals surface area contributed by atoms with Gasteiger partial charge in [0.15, 0.2) is 12.1 Å². The Balaban J connectivity index is 1.13. The number of hydrogen-bond donors (Lipinski definition) is 4. The maximum atomic E-state index is 12.9. The van der Waals surface area contributed by atoms with Crippen molar-refractivity contribution in [3.05, 3.63) is 0 Å². The molecule has 0 amide bonds. The van der Waals surface area contributed by atoms with Crippen LogP contribution in [0.15, 0.2) is 0 Å². The van der Waals surface area contributed by atoms with Gasteiger partial charge in [0.05, 0.1) is 18.3 Å². The van der Waals surface area contributed by atoms with Crippen LogP contribution in [0.5, 0.6) is 0 Å². The Morgan fingerprint density at radius 3 is 2.23 bits per heavy atom. The summed E-state index contributed by atoms with van der Waals surface area (Å²) >= 11 is 0. The first-order valence-corrected chi connectivity index (χ1v) is 18.3. The molecule has 8 rings (SSSR count). The summed E-state index contributed by atoms with van der Waals surface area (Å²) in [6, 6.07) is 0. The van der Waals surface area contributed by atoms with Crippen molar-refractivity contribution in [2.24, 2.45) is 44.8 Å². The highest BCUT2D eigenvalue weighted by molar-refractivity contribution is 5.66. The van der Waals surface area contributed by atoms with Crippen LogP contribution in [0.2, 0.25) is 0 Å². The first-order chi connectivity index (χ1) is 21.7. The Labute approximate surface area is 279 Å². The molecule has 8 aliphatic rings. The zero-order valence-corrected chi connectivity index (χ0v) is 29.6. The number of fused-ring (bicyclic) bond motifs is 7. The molecule has 8 fully saturated rings. The summed E-state index contributed by atoms with van der Waals surface area (Å²) < 4.78 is 32.5. The average molecular weight is 663 g/mol. The van der Waals surface area contributed by atoms with E-state index in [2.05, 4.69) is 34.6 Å². The van der Waals surface area contributed by atoms with Crippen molar-refractivity contribution < 1.29 is 48.9 Å². The van der Waals surface area contributed by atoms with Crippen molar-refractivity contribution in [2.45, 2.75) is 173 Å². The summed E-state index contributed by atoms with van der Waals surface area (Å²) in [4.78, 5) is 12.9. The summed E-state index contributed by atoms with van der Waals surface area (Å²) in [5.74, 6) is -0.632. The zero-order valence-electron chi connectivity index (χ0n) is 29.6. The van der Waals surface area contributed by atoms with Crippen LogP contribution in [-0.2, 0) is 28.5 Å². The molecule has 0 unspecified atom stereocenters. The quantitative estimate of drug-likeness (QED) is 0.259. The molecule has 0 aromatic heterocycles. The molecule has 5 aliphatic carbocycles. The molecule has 0 radical (unpaired) electrons. The number of aliphatic hydroxyl groups excluding tert-OH is 3. The van der Waals surface area contributed by atoms with Gasteiger partial charge in [0.1, 0.15) is 36.1 Å². The third-order valence-electron chi connectivity index (χ3n) is 16.4. The van der Waals surface area contributed by atoms with Crippen LogP contribution in [0, 0.1) is 44.8 Å². The lowest BCUT2D eigenvalue weighted by Gasteiger charge is -2.64. The van der Waals surface area contributed by atoms with Crippen molar-refractivity contribution >= 4 is 5.97 Å². The van der Waals surface area contributed by atoms with Gasteiger partial charge >= 0.3 is 5.97 Å². The van der Waals surface area contributed by atoms with E-state index in [1.54, 1.807) is 13.8 Å². The minimum atomic E-state index is -1.30. The molecule has 47 heavy (non-hydrogen) atoms. The Hall–Kier alpha value is -0.850. The Morgan fingerprint density at radius 2 is 1.55 bits per heavy atom. The van der Waals surface area contributed by atoms with Gasteiger partial charge in [0.2, 0.25) is 0 Å². The van der Waals surface area contributed by atoms with Gasteiger partial charge in [-0.3, -0.25) is 4.79 Å². The van der Waals surface area contributed by atoms with Gasteiger partial charge in [-0.1, -0.05) is 27.7 Å². The number of carbonyl (C=O) groups is 1. The Bertz CT molecular complexity index is 1330. The van der Waals surface area contributed by atoms with Crippen LogP contribution in [0.4, 0.5) is 0 Å². The highest BCUT2D eigenvalue weighted by Crippen LogP contribution is 2.90. The van der Waals surface area contributed by atoms with Gasteiger partial charge in [0, 0.05) is 24.7 Å². The smallest absolute Gasteiger partial charge is 0.303 e. The van der Waals surface area contributed by atoms with Gasteiger partial charge < -0.3 is 44.1 Å². The van der Waals surface area contributed by atoms with Gasteiger partial charge in [-0.25, -0.2) is 0 Å². The zero-order chi connectivity index (χ0) is 34.0. The van der Waals surface area contributed by atoms with E-state index in [4.69, 9.17) is 23.7 Å². The molecule has 3 saturated heterocycles. The largest absolute Gasteiger partial charge is 0.459 e. The van der Waals surface area contributed by atoms with Crippen LogP contribution >= 0.6 is 0 Å². The van der Waals surface area contributed by atoms with Crippen molar-refractivity contribution in [1.82, 2.24) is 0 Å². The molecule has 3 heterocycles. The maximum absolute atomic E-state index is 12.9. The summed E-state index contributed by atoms with van der Waals surface area (Å²) in [6.07, 6.45) is 2.97. The van der Waals surface area contributed by atoms with E-state index in [0.29, 0.717) is 18.3 Å². The molecule has 266 valence electrons. The predicted molar refractivity (Wildman–Crippen MR) is 168 cm³/mol. The molecular formula is C37H58O10. The number of rotatable bonds is 4. The predicted octanol–water partition coefficient (Wildman–Crippen LogP) is 3.84. The van der Waals surface area contributed by atoms with E-state index in [1.165, 1.54) is 6.92 Å². The Morgan fingerprint density at radius 1 is 0.872 bits per heavy atom. The number of hydrogen-bond acceptors (Lipinski definition) is 10. The fourth-order valence-corrected chi connectivity index (χ4v) is 14.2. The van der Waals surface area contributed by atoms with Crippen LogP contribution in [0.3, 0.4) is 0 Å². The van der Waals surface area contributed by atoms with Crippen molar-refractivity contribution in [1.29, 1.82) is 0 Å². The van der Waals surface area contributed by atoms with Crippen LogP contribution in [-0.4, -0.2) is 92.9 Å². The lowest BCUT2D eigenvalue weighted by atomic mass is 9.41. The molecule has 0 aromatic carbocycles. The van der Waals surface area contributed by atoms with Gasteiger partial charge in [0.25, 0.3) is 0 Å². The number of aliphatic hydroxyl groups is 4. The molecule has 10 heteroatoms. The second-order valence-electron chi connectivity index (χ2n) is 18.9. The van der Waals surface area contributed by atoms with Crippen LogP contribution in [0.1, 0.15) is 113 Å². The van der Waals surface area contributed by atoms with Crippen molar-refractivity contribution in [3.63, 3.8) is 0 Å². The molecule has 2 bridgehead atoms. The van der Waals surface area contributed by atoms with E-state index in [9.17, 15) is 25.2 Å². The molecule has 2 spiro atoms. The first kappa shape index (κ1) is 33.3. The summed E-state index contributed by atoms with van der Waals surface area (Å²) in [5.41, 5.74) is -2.14. The Kier molecular flexibility index (Phi) is 6.89. The van der Waals surface area contributed by atoms with Crippen LogP contribution < -0.4 is 0 Å². The van der Waals surface area contributed by atoms with Crippen molar-refractivity contribution in [3.8, 4) is 0 Å². The van der Waals surface area contributed by atoms with E-state index < -0.39 is 47.7 Å². The van der Waals surface area contributed by atoms with Crippen LogP contribution in [0.25, 0.3) is 0 Å². The summed E-state index contributed by atoms with van der Waals surface area (Å²) in [7, 11) is 0. The molecule has 4 N–H and O–H groups in total. The lowest BCUT2D eigenvalue weighted by molar-refractivity contribution is -0.388. The third-order valence-corrected chi connectivity index (χ3v) is 16.4. The average Bonchev–Trinajstić information content (AvgIpc) is 3.49. The standard InChI is InChI=1S/C37H58O10/c1-19(38)44-28-26-27(33(7)14-16-37(46-26,47-33)31(4,5)42)32(6)13-15-36-18-35(36)12-11-23(45-29-25(41)24(40)20(39)17-43-29)30(2,3)21(35)9-10-22(36)34(28,32)8/h20-29,39-42H,9-18H2,1-8H3/t20-,21+,22+,23+,24+,25-,26-,27+,28+,29+,32-,33+,34-,35-,36+,37+/m1/s1. The molecule has 16 atom stereocenters. The fourth-order valence-electron chi connectivity index (χ4n) is 14.2. The lowest BCUT2D eigenvalue weighted by Crippen LogP contribution is -2.63. The molecule has 5 saturated carbocycles. The summed E-state index contributed by atoms with van der Waals surface area (Å²) in [6.45, 7) is 16.6. The molecule has 10 nitrogen and oxygen atoms in total. The van der Waals surface area contributed by atoms with E-state index >= 15 is 0 Å². The second kappa shape index (κ2) is 9.72. The van der Waals surface area contributed by atoms with Crippen molar-refractivity contribution in [2.75, 3.05) is 6.61 Å². The monoisotopic (exact) mass is 662 g/mol. The minimum absolute atomic E-state index is 0.0310. The summed E-state index contributed by atoms with van der Waals surface area (Å²) in [5, 5.41) is 42.3. The number of carbonyl (C=O) groups excluding carboxylic acids is 1. The SMILES string of the molecule is CC(=O)O[C@H]1[C@@H]2O[C@@]3(C(C)(C)O)CC[C@](C)(O3)[C@@H]2[C@@]2(C)CC[C@@]34C[C@@]35CC[C@H](O[C@@H]3OC[C@@H](O)[C@H](O)[C@H]3O)C(C)(C)[C@@H]5CC[C@H]4[C@]12C. The highest BCUT2D eigenvalue weighted by Gasteiger charge is 2.87. The van der Waals surface area contributed by atoms with E-state index in [-0.39, 0.29) is 57.8 Å². The maximum Gasteiger partial charge on any atom is 0.303 e. The van der Waals surface area contributed by atoms with Gasteiger partial charge in [-0.05, 0) is 106 Å². The topological polar surface area (TPSA) is 144 Å². The minimum Gasteiger partial charge on any atom is -0.459 e. The molecule has 3 aliphatic heterocycles. The number of ether oxygens (including phenoxy) is 5. The van der Waals surface area contributed by atoms with Gasteiger partial charge in [-0.15, -0.1) is 0 Å². The van der Waals surface area contributed by atoms with E-state index in [1.807, 2.05) is 0 Å². The second-order valence-corrected chi connectivity index (χ2v) is 18.9. The first-order valence-electron chi connectivity index (χ1n) is 18.3. The van der Waals surface area contributed by atoms with E-state index in [0.717, 1.165) is 51.4 Å². The highest BCUT2D eigenvalue weighted by atomic mass is 16.7. The molecule has 0 aromatic rings. The third kappa shape index (κ3) is 3.88. The fraction of sp³-hybridized carbons (Fsp3) is 0.973. The number of esters is 1. The molecular weight excluding hydrogens is 604 g/mol. The normalized spacial score (nSPS) is 58.8. The van der Waals surface area contributed by atoms with Gasteiger partial charge in [-0.2, -0.15) is 0 Å².